The van der Waals surface area contributed by atoms with Crippen LogP contribution in [0.4, 0.5) is 14.5 Å². The van der Waals surface area contributed by atoms with Crippen molar-refractivity contribution in [2.45, 2.75) is 6.42 Å². The molecule has 0 saturated carbocycles. The monoisotopic (exact) mass is 277 g/mol. The van der Waals surface area contributed by atoms with Gasteiger partial charge < -0.3 is 10.1 Å². The van der Waals surface area contributed by atoms with Gasteiger partial charge in [-0.15, -0.1) is 0 Å². The molecule has 0 aliphatic carbocycles. The maximum atomic E-state index is 13.4. The van der Waals surface area contributed by atoms with E-state index in [-0.39, 0.29) is 6.42 Å². The summed E-state index contributed by atoms with van der Waals surface area (Å²) in [4.78, 5) is 11.9. The molecule has 3 nitrogen and oxygen atoms in total. The number of halogens is 2. The molecule has 2 aromatic rings. The Morgan fingerprint density at radius 1 is 1.10 bits per heavy atom. The number of anilines is 1. The summed E-state index contributed by atoms with van der Waals surface area (Å²) < 4.78 is 31.9. The predicted octanol–water partition coefficient (Wildman–Crippen LogP) is 3.15. The first-order valence-electron chi connectivity index (χ1n) is 5.97. The largest absolute Gasteiger partial charge is 0.496 e. The Morgan fingerprint density at radius 3 is 2.40 bits per heavy atom. The summed E-state index contributed by atoms with van der Waals surface area (Å²) in [7, 11) is 1.49. The topological polar surface area (TPSA) is 38.3 Å². The number of amides is 1. The van der Waals surface area contributed by atoms with E-state index in [4.69, 9.17) is 4.74 Å². The van der Waals surface area contributed by atoms with Gasteiger partial charge in [-0.05, 0) is 18.2 Å². The molecule has 1 N–H and O–H groups in total. The van der Waals surface area contributed by atoms with Gasteiger partial charge in [0.25, 0.3) is 0 Å². The highest BCUT2D eigenvalue weighted by atomic mass is 19.1. The lowest BCUT2D eigenvalue weighted by Gasteiger charge is -2.10. The van der Waals surface area contributed by atoms with Gasteiger partial charge >= 0.3 is 0 Å². The van der Waals surface area contributed by atoms with Crippen LogP contribution in [0.1, 0.15) is 5.56 Å². The van der Waals surface area contributed by atoms with Crippen molar-refractivity contribution in [3.05, 3.63) is 59.7 Å². The van der Waals surface area contributed by atoms with Crippen molar-refractivity contribution in [2.24, 2.45) is 0 Å². The van der Waals surface area contributed by atoms with E-state index in [1.54, 1.807) is 24.3 Å². The van der Waals surface area contributed by atoms with Crippen molar-refractivity contribution >= 4 is 11.6 Å². The molecule has 0 aliphatic rings. The summed E-state index contributed by atoms with van der Waals surface area (Å²) >= 11 is 0. The van der Waals surface area contributed by atoms with Crippen molar-refractivity contribution in [3.8, 4) is 5.75 Å². The molecule has 104 valence electrons. The van der Waals surface area contributed by atoms with Gasteiger partial charge in [-0.1, -0.05) is 24.3 Å². The average molecular weight is 277 g/mol. The van der Waals surface area contributed by atoms with Gasteiger partial charge in [-0.2, -0.15) is 0 Å². The van der Waals surface area contributed by atoms with E-state index < -0.39 is 23.2 Å². The minimum Gasteiger partial charge on any atom is -0.496 e. The van der Waals surface area contributed by atoms with Gasteiger partial charge in [0.2, 0.25) is 5.91 Å². The van der Waals surface area contributed by atoms with E-state index in [1.165, 1.54) is 13.2 Å². The van der Waals surface area contributed by atoms with E-state index in [0.717, 1.165) is 12.1 Å². The van der Waals surface area contributed by atoms with Crippen molar-refractivity contribution < 1.29 is 18.3 Å². The van der Waals surface area contributed by atoms with Crippen molar-refractivity contribution in [2.75, 3.05) is 12.4 Å². The van der Waals surface area contributed by atoms with Crippen LogP contribution in [0.3, 0.4) is 0 Å². The zero-order chi connectivity index (χ0) is 14.5. The van der Waals surface area contributed by atoms with Crippen LogP contribution < -0.4 is 10.1 Å². The lowest BCUT2D eigenvalue weighted by molar-refractivity contribution is -0.115. The normalized spacial score (nSPS) is 10.2. The molecule has 0 radical (unpaired) electrons. The fraction of sp³-hybridized carbons (Fsp3) is 0.133. The van der Waals surface area contributed by atoms with Gasteiger partial charge in [0.15, 0.2) is 0 Å². The Morgan fingerprint density at radius 2 is 1.75 bits per heavy atom. The van der Waals surface area contributed by atoms with Crippen LogP contribution in [0.2, 0.25) is 0 Å². The second-order valence-corrected chi connectivity index (χ2v) is 4.13. The van der Waals surface area contributed by atoms with Gasteiger partial charge in [-0.3, -0.25) is 4.79 Å². The van der Waals surface area contributed by atoms with Crippen LogP contribution in [0.25, 0.3) is 0 Å². The summed E-state index contributed by atoms with van der Waals surface area (Å²) in [6.07, 6.45) is -0.0300. The lowest BCUT2D eigenvalue weighted by Crippen LogP contribution is -2.16. The number of carbonyl (C=O) groups excluding carboxylic acids is 1. The van der Waals surface area contributed by atoms with Crippen LogP contribution in [0, 0.1) is 11.6 Å². The minimum absolute atomic E-state index is 0.0300. The highest BCUT2D eigenvalue weighted by molar-refractivity contribution is 5.92. The Balaban J connectivity index is 2.13. The number of para-hydroxylation sites is 2. The smallest absolute Gasteiger partial charge is 0.229 e. The maximum Gasteiger partial charge on any atom is 0.229 e. The second-order valence-electron chi connectivity index (χ2n) is 4.13. The van der Waals surface area contributed by atoms with E-state index >= 15 is 0 Å². The van der Waals surface area contributed by atoms with Crippen LogP contribution in [-0.2, 0) is 11.2 Å². The van der Waals surface area contributed by atoms with Crippen LogP contribution in [-0.4, -0.2) is 13.0 Å². The Hall–Kier alpha value is -2.43. The molecule has 0 atom stereocenters. The van der Waals surface area contributed by atoms with Gasteiger partial charge in [0.1, 0.15) is 23.1 Å². The third-order valence-corrected chi connectivity index (χ3v) is 2.77. The molecule has 0 unspecified atom stereocenters. The van der Waals surface area contributed by atoms with Gasteiger partial charge in [-0.25, -0.2) is 8.78 Å². The van der Waals surface area contributed by atoms with E-state index in [0.29, 0.717) is 11.3 Å². The zero-order valence-corrected chi connectivity index (χ0v) is 10.8. The summed E-state index contributed by atoms with van der Waals surface area (Å²) in [6, 6.07) is 10.4. The predicted molar refractivity (Wildman–Crippen MR) is 71.7 cm³/mol. The number of carbonyl (C=O) groups is 1. The number of hydrogen-bond acceptors (Lipinski definition) is 2. The van der Waals surface area contributed by atoms with Gasteiger partial charge in [0.05, 0.1) is 13.5 Å². The number of methoxy groups -OCH3 is 1. The second kappa shape index (κ2) is 6.14. The SMILES string of the molecule is COc1ccccc1CC(=O)Nc1c(F)cccc1F. The third-order valence-electron chi connectivity index (χ3n) is 2.77. The van der Waals surface area contributed by atoms with E-state index in [1.807, 2.05) is 0 Å². The molecule has 0 heterocycles. The van der Waals surface area contributed by atoms with E-state index in [2.05, 4.69) is 5.32 Å². The number of nitrogens with one attached hydrogen (secondary N) is 1. The van der Waals surface area contributed by atoms with Crippen LogP contribution >= 0.6 is 0 Å². The fourth-order valence-electron chi connectivity index (χ4n) is 1.82. The summed E-state index contributed by atoms with van der Waals surface area (Å²) in [6.45, 7) is 0. The van der Waals surface area contributed by atoms with Crippen LogP contribution in [0.15, 0.2) is 42.5 Å². The molecular formula is C15H13F2NO2. The number of ether oxygens (including phenoxy) is 1. The van der Waals surface area contributed by atoms with Crippen LogP contribution in [0.5, 0.6) is 5.75 Å². The minimum atomic E-state index is -0.807. The first-order valence-corrected chi connectivity index (χ1v) is 5.97. The molecule has 2 rings (SSSR count). The summed E-state index contributed by atoms with van der Waals surface area (Å²) in [5, 5.41) is 2.23. The highest BCUT2D eigenvalue weighted by Gasteiger charge is 2.13. The quantitative estimate of drug-likeness (QED) is 0.932. The Labute approximate surface area is 115 Å². The lowest BCUT2D eigenvalue weighted by atomic mass is 10.1. The van der Waals surface area contributed by atoms with Crippen molar-refractivity contribution in [1.82, 2.24) is 0 Å². The molecule has 5 heteroatoms. The molecule has 0 bridgehead atoms. The molecule has 20 heavy (non-hydrogen) atoms. The Kier molecular flexibility index (Phi) is 4.30. The van der Waals surface area contributed by atoms with Crippen molar-refractivity contribution in [1.29, 1.82) is 0 Å². The fourth-order valence-corrected chi connectivity index (χ4v) is 1.82. The first kappa shape index (κ1) is 14.0. The first-order chi connectivity index (χ1) is 9.61. The zero-order valence-electron chi connectivity index (χ0n) is 10.8. The molecule has 0 aromatic heterocycles. The molecular weight excluding hydrogens is 264 g/mol. The number of rotatable bonds is 4. The summed E-state index contributed by atoms with van der Waals surface area (Å²) in [5.41, 5.74) is 0.205. The van der Waals surface area contributed by atoms with Gasteiger partial charge in [0, 0.05) is 5.56 Å². The molecule has 0 fully saturated rings. The number of benzene rings is 2. The molecule has 0 saturated heterocycles. The molecule has 2 aromatic carbocycles. The molecule has 1 amide bonds. The molecule has 0 spiro atoms. The highest BCUT2D eigenvalue weighted by Crippen LogP contribution is 2.21. The molecule has 0 aliphatic heterocycles. The maximum absolute atomic E-state index is 13.4. The Bertz CT molecular complexity index is 609. The van der Waals surface area contributed by atoms with Crippen molar-refractivity contribution in [3.63, 3.8) is 0 Å². The number of hydrogen-bond donors (Lipinski definition) is 1. The van der Waals surface area contributed by atoms with E-state index in [9.17, 15) is 13.6 Å². The summed E-state index contributed by atoms with van der Waals surface area (Å²) in [5.74, 6) is -1.58. The third kappa shape index (κ3) is 3.12. The standard InChI is InChI=1S/C15H13F2NO2/c1-20-13-8-3-2-5-10(13)9-14(19)18-15-11(16)6-4-7-12(15)17/h2-8H,9H2,1H3,(H,18,19). The average Bonchev–Trinajstić information content (AvgIpc) is 2.44.